The monoisotopic (exact) mass is 346 g/mol. The van der Waals surface area contributed by atoms with Gasteiger partial charge in [-0.2, -0.15) is 0 Å². The summed E-state index contributed by atoms with van der Waals surface area (Å²) in [7, 11) is 5.24. The number of piperazine rings is 1. The highest BCUT2D eigenvalue weighted by atomic mass is 16.5. The number of hydrogen-bond acceptors (Lipinski definition) is 5. The minimum absolute atomic E-state index is 0.282. The molecule has 5 heteroatoms. The molecule has 0 amide bonds. The topological polar surface area (TPSA) is 34.2 Å². The average Bonchev–Trinajstić information content (AvgIpc) is 2.91. The summed E-state index contributed by atoms with van der Waals surface area (Å²) in [5.74, 6) is 1.71. The summed E-state index contributed by atoms with van der Waals surface area (Å²) < 4.78 is 16.8. The third kappa shape index (κ3) is 3.84. The van der Waals surface area contributed by atoms with E-state index in [1.54, 1.807) is 14.2 Å². The van der Waals surface area contributed by atoms with E-state index in [1.807, 2.05) is 25.3 Å². The summed E-state index contributed by atoms with van der Waals surface area (Å²) in [6, 6.07) is 7.04. The maximum atomic E-state index is 5.84. The highest BCUT2D eigenvalue weighted by molar-refractivity contribution is 5.40. The molecule has 0 saturated carbocycles. The van der Waals surface area contributed by atoms with Crippen LogP contribution in [0.4, 0.5) is 0 Å². The molecule has 0 aliphatic carbocycles. The van der Waals surface area contributed by atoms with Crippen molar-refractivity contribution >= 4 is 0 Å². The number of ether oxygens (including phenoxy) is 3. The van der Waals surface area contributed by atoms with E-state index in [0.717, 1.165) is 44.1 Å². The second-order valence-electron chi connectivity index (χ2n) is 6.92. The van der Waals surface area contributed by atoms with Gasteiger partial charge in [0.25, 0.3) is 0 Å². The van der Waals surface area contributed by atoms with E-state index in [4.69, 9.17) is 14.2 Å². The molecule has 3 atom stereocenters. The highest BCUT2D eigenvalue weighted by Gasteiger charge is 2.41. The van der Waals surface area contributed by atoms with Crippen molar-refractivity contribution in [2.75, 3.05) is 41.0 Å². The van der Waals surface area contributed by atoms with Gasteiger partial charge in [-0.05, 0) is 18.9 Å². The van der Waals surface area contributed by atoms with Crippen LogP contribution in [0.2, 0.25) is 0 Å². The quantitative estimate of drug-likeness (QED) is 0.709. The number of methoxy groups -OCH3 is 3. The Kier molecular flexibility index (Phi) is 5.99. The van der Waals surface area contributed by atoms with Gasteiger partial charge in [-0.25, -0.2) is 0 Å². The van der Waals surface area contributed by atoms with E-state index in [2.05, 4.69) is 22.4 Å². The number of benzene rings is 1. The minimum atomic E-state index is 0.282. The maximum absolute atomic E-state index is 5.84. The zero-order valence-electron chi connectivity index (χ0n) is 15.6. The Morgan fingerprint density at radius 3 is 2.64 bits per heavy atom. The smallest absolute Gasteiger partial charge is 0.127 e. The van der Waals surface area contributed by atoms with Gasteiger partial charge in [0, 0.05) is 57.0 Å². The molecule has 2 bridgehead atoms. The Morgan fingerprint density at radius 2 is 1.96 bits per heavy atom. The summed E-state index contributed by atoms with van der Waals surface area (Å²) >= 11 is 0. The van der Waals surface area contributed by atoms with Gasteiger partial charge in [-0.15, -0.1) is 6.58 Å². The van der Waals surface area contributed by atoms with E-state index in [9.17, 15) is 0 Å². The molecule has 1 aromatic rings. The van der Waals surface area contributed by atoms with Crippen molar-refractivity contribution in [2.45, 2.75) is 37.6 Å². The molecule has 3 saturated heterocycles. The molecule has 0 aromatic heterocycles. The normalized spacial score (nSPS) is 27.1. The van der Waals surface area contributed by atoms with Gasteiger partial charge in [0.05, 0.1) is 20.3 Å². The van der Waals surface area contributed by atoms with Gasteiger partial charge in [-0.1, -0.05) is 12.1 Å². The first kappa shape index (κ1) is 18.2. The molecule has 3 aliphatic rings. The lowest BCUT2D eigenvalue weighted by Gasteiger charge is -2.45. The molecule has 3 heterocycles. The van der Waals surface area contributed by atoms with Crippen LogP contribution in [0.5, 0.6) is 11.5 Å². The fourth-order valence-electron chi connectivity index (χ4n) is 4.25. The molecule has 0 unspecified atom stereocenters. The zero-order valence-corrected chi connectivity index (χ0v) is 15.6. The molecule has 3 aliphatic heterocycles. The first-order valence-electron chi connectivity index (χ1n) is 9.02. The number of hydrogen-bond donors (Lipinski definition) is 0. The van der Waals surface area contributed by atoms with Crippen LogP contribution in [0.1, 0.15) is 18.4 Å². The van der Waals surface area contributed by atoms with E-state index >= 15 is 0 Å². The van der Waals surface area contributed by atoms with E-state index in [1.165, 1.54) is 12.0 Å². The molecule has 25 heavy (non-hydrogen) atoms. The summed E-state index contributed by atoms with van der Waals surface area (Å²) in [6.45, 7) is 7.84. The third-order valence-electron chi connectivity index (χ3n) is 5.60. The molecule has 0 radical (unpaired) electrons. The number of nitrogens with zero attached hydrogens (tertiary/aromatic N) is 2. The Bertz CT molecular complexity index is 592. The molecular weight excluding hydrogens is 316 g/mol. The Balaban J connectivity index is 1.81. The zero-order chi connectivity index (χ0) is 17.8. The van der Waals surface area contributed by atoms with E-state index in [0.29, 0.717) is 12.1 Å². The van der Waals surface area contributed by atoms with Gasteiger partial charge in [0.2, 0.25) is 0 Å². The minimum Gasteiger partial charge on any atom is -0.497 e. The molecule has 3 fully saturated rings. The van der Waals surface area contributed by atoms with E-state index < -0.39 is 0 Å². The molecule has 0 N–H and O–H groups in total. The molecule has 0 spiro atoms. The summed E-state index contributed by atoms with van der Waals surface area (Å²) in [5, 5.41) is 0. The lowest BCUT2D eigenvalue weighted by atomic mass is 10.0. The van der Waals surface area contributed by atoms with Crippen molar-refractivity contribution in [3.05, 3.63) is 36.4 Å². The van der Waals surface area contributed by atoms with Crippen molar-refractivity contribution < 1.29 is 14.2 Å². The Hall–Kier alpha value is -1.56. The van der Waals surface area contributed by atoms with Crippen LogP contribution >= 0.6 is 0 Å². The standard InChI is InChI=1S/C20H30N2O3/c1-5-10-21-14-18-19(24-3)9-7-16(21)13-22(18)12-15-6-8-17(23-2)11-20(15)25-4/h5-6,8,11,16,18-19H,1,7,9-10,12-14H2,2-4H3/t16-,18+,19+/m1/s1. The van der Waals surface area contributed by atoms with E-state index in [-0.39, 0.29) is 6.10 Å². The van der Waals surface area contributed by atoms with Crippen LogP contribution in [0, 0.1) is 0 Å². The average molecular weight is 346 g/mol. The van der Waals surface area contributed by atoms with Crippen LogP contribution in [0.15, 0.2) is 30.9 Å². The molecule has 4 rings (SSSR count). The van der Waals surface area contributed by atoms with Crippen molar-refractivity contribution in [3.63, 3.8) is 0 Å². The fourth-order valence-corrected chi connectivity index (χ4v) is 4.25. The summed E-state index contributed by atoms with van der Waals surface area (Å²) in [6.07, 6.45) is 4.60. The number of fused-ring (bicyclic) bond motifs is 4. The second kappa shape index (κ2) is 8.21. The molecule has 138 valence electrons. The lowest BCUT2D eigenvalue weighted by Crippen LogP contribution is -2.58. The van der Waals surface area contributed by atoms with Crippen molar-refractivity contribution in [3.8, 4) is 11.5 Å². The Morgan fingerprint density at radius 1 is 1.12 bits per heavy atom. The summed E-state index contributed by atoms with van der Waals surface area (Å²) in [4.78, 5) is 5.12. The maximum Gasteiger partial charge on any atom is 0.127 e. The van der Waals surface area contributed by atoms with Crippen molar-refractivity contribution in [1.29, 1.82) is 0 Å². The van der Waals surface area contributed by atoms with Crippen LogP contribution in [0.25, 0.3) is 0 Å². The van der Waals surface area contributed by atoms with Gasteiger partial charge in [-0.3, -0.25) is 9.80 Å². The number of rotatable bonds is 7. The van der Waals surface area contributed by atoms with Gasteiger partial charge >= 0.3 is 0 Å². The van der Waals surface area contributed by atoms with Crippen LogP contribution in [0.3, 0.4) is 0 Å². The summed E-state index contributed by atoms with van der Waals surface area (Å²) in [5.41, 5.74) is 1.20. The van der Waals surface area contributed by atoms with Crippen LogP contribution < -0.4 is 9.47 Å². The van der Waals surface area contributed by atoms with Crippen LogP contribution in [-0.2, 0) is 11.3 Å². The third-order valence-corrected chi connectivity index (χ3v) is 5.60. The molecular formula is C20H30N2O3. The highest BCUT2D eigenvalue weighted by Crippen LogP contribution is 2.33. The van der Waals surface area contributed by atoms with Crippen molar-refractivity contribution in [2.24, 2.45) is 0 Å². The molecule has 1 aromatic carbocycles. The predicted octanol–water partition coefficient (Wildman–Crippen LogP) is 2.55. The van der Waals surface area contributed by atoms with Gasteiger partial charge < -0.3 is 14.2 Å². The largest absolute Gasteiger partial charge is 0.497 e. The van der Waals surface area contributed by atoms with Gasteiger partial charge in [0.15, 0.2) is 0 Å². The SMILES string of the molecule is C=CCN1C[C@H]2[C@@H](OC)CC[C@@H]1CN2Cc1ccc(OC)cc1OC. The first-order chi connectivity index (χ1) is 12.2. The predicted molar refractivity (Wildman–Crippen MR) is 99.3 cm³/mol. The fraction of sp³-hybridized carbons (Fsp3) is 0.600. The van der Waals surface area contributed by atoms with Crippen LogP contribution in [-0.4, -0.2) is 69.0 Å². The van der Waals surface area contributed by atoms with Crippen molar-refractivity contribution in [1.82, 2.24) is 9.80 Å². The van der Waals surface area contributed by atoms with Gasteiger partial charge in [0.1, 0.15) is 11.5 Å². The Labute approximate surface area is 151 Å². The molecule has 5 nitrogen and oxygen atoms in total. The lowest BCUT2D eigenvalue weighted by molar-refractivity contribution is -0.0224. The first-order valence-corrected chi connectivity index (χ1v) is 9.02. The second-order valence-corrected chi connectivity index (χ2v) is 6.92.